The highest BCUT2D eigenvalue weighted by atomic mass is 16.4. The molecule has 7 N–H and O–H groups in total. The molecule has 0 unspecified atom stereocenters. The molecule has 0 rings (SSSR count). The quantitative estimate of drug-likeness (QED) is 0.108. The van der Waals surface area contributed by atoms with Crippen LogP contribution in [-0.2, 0) is 4.79 Å². The zero-order valence-corrected chi connectivity index (χ0v) is 7.94. The number of nitrogens with zero attached hydrogens (tertiary/aromatic N) is 1. The number of rotatable bonds is 8. The minimum absolute atomic E-state index is 0.517. The summed E-state index contributed by atoms with van der Waals surface area (Å²) in [6.45, 7) is 0.574. The van der Waals surface area contributed by atoms with Crippen molar-refractivity contribution in [2.45, 2.75) is 25.3 Å². The molecule has 14 heavy (non-hydrogen) atoms. The fraction of sp³-hybridized carbons (Fsp3) is 0.714. The molecule has 0 radical (unpaired) electrons. The molecule has 0 aliphatic carbocycles. The molecule has 1 atom stereocenters. The Morgan fingerprint density at radius 3 is 2.79 bits per heavy atom. The first-order valence-electron chi connectivity index (χ1n) is 4.38. The van der Waals surface area contributed by atoms with Crippen molar-refractivity contribution in [3.05, 3.63) is 0 Å². The van der Waals surface area contributed by atoms with Gasteiger partial charge in [-0.15, -0.1) is 0 Å². The molecule has 0 saturated carbocycles. The highest BCUT2D eigenvalue weighted by Crippen LogP contribution is 1.99. The minimum atomic E-state index is -0.912. The lowest BCUT2D eigenvalue weighted by molar-refractivity contribution is -0.139. The molecule has 7 nitrogen and oxygen atoms in total. The van der Waals surface area contributed by atoms with Crippen LogP contribution in [0.2, 0.25) is 0 Å². The van der Waals surface area contributed by atoms with Gasteiger partial charge in [-0.1, -0.05) is 0 Å². The molecule has 0 heterocycles. The van der Waals surface area contributed by atoms with Crippen LogP contribution < -0.4 is 22.4 Å². The van der Waals surface area contributed by atoms with Crippen molar-refractivity contribution in [2.75, 3.05) is 6.54 Å². The number of carboxylic acids is 1. The van der Waals surface area contributed by atoms with Gasteiger partial charge in [-0.05, 0) is 25.8 Å². The monoisotopic (exact) mass is 203 g/mol. The van der Waals surface area contributed by atoms with Crippen molar-refractivity contribution in [1.29, 1.82) is 0 Å². The summed E-state index contributed by atoms with van der Waals surface area (Å²) in [6.07, 6.45) is 3.33. The molecule has 0 aromatic heterocycles. The fourth-order valence-electron chi connectivity index (χ4n) is 0.935. The molecule has 0 spiro atoms. The van der Waals surface area contributed by atoms with Gasteiger partial charge in [0.1, 0.15) is 12.4 Å². The normalized spacial score (nSPS) is 12.7. The van der Waals surface area contributed by atoms with E-state index in [1.165, 1.54) is 6.34 Å². The van der Waals surface area contributed by atoms with Gasteiger partial charge < -0.3 is 16.2 Å². The lowest BCUT2D eigenvalue weighted by Gasteiger charge is -2.11. The van der Waals surface area contributed by atoms with Crippen LogP contribution in [-0.4, -0.2) is 30.0 Å². The van der Waals surface area contributed by atoms with Crippen LogP contribution in [0.25, 0.3) is 0 Å². The second-order valence-electron chi connectivity index (χ2n) is 2.73. The Kier molecular flexibility index (Phi) is 7.48. The number of hydrogen-bond acceptors (Lipinski definition) is 5. The Morgan fingerprint density at radius 2 is 2.29 bits per heavy atom. The summed E-state index contributed by atoms with van der Waals surface area (Å²) in [5, 5.41) is 14.8. The summed E-state index contributed by atoms with van der Waals surface area (Å²) in [5.74, 6) is 3.95. The Labute approximate surface area is 82.5 Å². The summed E-state index contributed by atoms with van der Waals surface area (Å²) < 4.78 is 0. The van der Waals surface area contributed by atoms with Crippen molar-refractivity contribution in [3.8, 4) is 0 Å². The molecule has 0 aliphatic rings. The molecule has 82 valence electrons. The van der Waals surface area contributed by atoms with Gasteiger partial charge in [-0.2, -0.15) is 5.10 Å². The Morgan fingerprint density at radius 1 is 1.57 bits per heavy atom. The topological polar surface area (TPSA) is 126 Å². The molecular weight excluding hydrogens is 186 g/mol. The summed E-state index contributed by atoms with van der Waals surface area (Å²) in [5.41, 5.74) is 7.32. The predicted molar refractivity (Wildman–Crippen MR) is 53.3 cm³/mol. The highest BCUT2D eigenvalue weighted by Gasteiger charge is 2.14. The number of unbranched alkanes of at least 4 members (excludes halogenated alkanes) is 1. The molecule has 0 aliphatic heterocycles. The first-order valence-corrected chi connectivity index (χ1v) is 4.38. The van der Waals surface area contributed by atoms with E-state index in [9.17, 15) is 4.79 Å². The van der Waals surface area contributed by atoms with Gasteiger partial charge in [-0.3, -0.25) is 0 Å². The Bertz CT molecular complexity index is 185. The average molecular weight is 203 g/mol. The van der Waals surface area contributed by atoms with E-state index in [2.05, 4.69) is 10.4 Å². The summed E-state index contributed by atoms with van der Waals surface area (Å²) in [7, 11) is 0. The molecule has 0 saturated heterocycles. The standard InChI is InChI=1S/C7H17N5O2/c8-4-2-1-3-6(7(13)14)10-5-11-12-9/h5-6,12H,1-4,8-9H2,(H,10,11)(H,13,14)/t6-/m0/s1. The molecular formula is C7H17N5O2. The first-order chi connectivity index (χ1) is 6.72. The Hall–Kier alpha value is -1.34. The van der Waals surface area contributed by atoms with Crippen LogP contribution in [0.5, 0.6) is 0 Å². The van der Waals surface area contributed by atoms with E-state index in [-0.39, 0.29) is 0 Å². The van der Waals surface area contributed by atoms with E-state index >= 15 is 0 Å². The largest absolute Gasteiger partial charge is 0.480 e. The Balaban J connectivity index is 3.78. The first kappa shape index (κ1) is 12.7. The van der Waals surface area contributed by atoms with Gasteiger partial charge in [0.05, 0.1) is 0 Å². The van der Waals surface area contributed by atoms with Gasteiger partial charge >= 0.3 is 5.97 Å². The second-order valence-corrected chi connectivity index (χ2v) is 2.73. The zero-order valence-electron chi connectivity index (χ0n) is 7.94. The summed E-state index contributed by atoms with van der Waals surface area (Å²) >= 11 is 0. The van der Waals surface area contributed by atoms with Gasteiger partial charge in [0, 0.05) is 0 Å². The van der Waals surface area contributed by atoms with Crippen LogP contribution in [0.4, 0.5) is 0 Å². The van der Waals surface area contributed by atoms with Gasteiger partial charge in [0.25, 0.3) is 0 Å². The van der Waals surface area contributed by atoms with Crippen LogP contribution in [0.1, 0.15) is 19.3 Å². The van der Waals surface area contributed by atoms with Crippen LogP contribution in [0, 0.1) is 0 Å². The number of hydrazone groups is 1. The third-order valence-corrected chi connectivity index (χ3v) is 1.66. The summed E-state index contributed by atoms with van der Waals surface area (Å²) in [6, 6.07) is -0.640. The van der Waals surface area contributed by atoms with Gasteiger partial charge in [-0.25, -0.2) is 16.2 Å². The SMILES string of the molecule is NCCCC[C@H](NC=NNN)C(=O)O. The summed E-state index contributed by atoms with van der Waals surface area (Å²) in [4.78, 5) is 10.7. The van der Waals surface area contributed by atoms with Gasteiger partial charge in [0.15, 0.2) is 0 Å². The molecule has 0 aromatic rings. The van der Waals surface area contributed by atoms with E-state index in [4.69, 9.17) is 16.7 Å². The number of nitrogens with one attached hydrogen (secondary N) is 2. The van der Waals surface area contributed by atoms with Crippen LogP contribution >= 0.6 is 0 Å². The van der Waals surface area contributed by atoms with Crippen molar-refractivity contribution in [1.82, 2.24) is 10.9 Å². The fourth-order valence-corrected chi connectivity index (χ4v) is 0.935. The number of carboxylic acid groups (broad SMARTS) is 1. The molecule has 0 fully saturated rings. The maximum atomic E-state index is 10.7. The lowest BCUT2D eigenvalue weighted by atomic mass is 10.1. The van der Waals surface area contributed by atoms with Crippen molar-refractivity contribution in [3.63, 3.8) is 0 Å². The van der Waals surface area contributed by atoms with Gasteiger partial charge in [0.2, 0.25) is 0 Å². The van der Waals surface area contributed by atoms with E-state index in [0.717, 1.165) is 12.8 Å². The van der Waals surface area contributed by atoms with Crippen LogP contribution in [0.15, 0.2) is 5.10 Å². The molecule has 0 bridgehead atoms. The van der Waals surface area contributed by atoms with E-state index in [1.807, 2.05) is 5.53 Å². The predicted octanol–water partition coefficient (Wildman–Crippen LogP) is -1.44. The molecule has 0 amide bonds. The maximum absolute atomic E-state index is 10.7. The lowest BCUT2D eigenvalue weighted by Crippen LogP contribution is -2.36. The molecule has 0 aromatic carbocycles. The third-order valence-electron chi connectivity index (χ3n) is 1.66. The zero-order chi connectivity index (χ0) is 10.8. The van der Waals surface area contributed by atoms with E-state index < -0.39 is 12.0 Å². The number of carbonyl (C=O) groups is 1. The second kappa shape index (κ2) is 8.27. The average Bonchev–Trinajstić information content (AvgIpc) is 2.15. The smallest absolute Gasteiger partial charge is 0.326 e. The minimum Gasteiger partial charge on any atom is -0.480 e. The van der Waals surface area contributed by atoms with Crippen molar-refractivity contribution < 1.29 is 9.90 Å². The number of aliphatic carboxylic acids is 1. The number of hydrogen-bond donors (Lipinski definition) is 5. The van der Waals surface area contributed by atoms with Crippen LogP contribution in [0.3, 0.4) is 0 Å². The maximum Gasteiger partial charge on any atom is 0.326 e. The third kappa shape index (κ3) is 6.21. The van der Waals surface area contributed by atoms with Crippen molar-refractivity contribution >= 4 is 12.3 Å². The van der Waals surface area contributed by atoms with Crippen molar-refractivity contribution in [2.24, 2.45) is 16.7 Å². The number of nitrogens with two attached hydrogens (primary N) is 2. The number of hydrazine groups is 1. The highest BCUT2D eigenvalue weighted by molar-refractivity contribution is 5.76. The van der Waals surface area contributed by atoms with E-state index in [1.54, 1.807) is 0 Å². The molecule has 7 heteroatoms. The van der Waals surface area contributed by atoms with E-state index in [0.29, 0.717) is 13.0 Å².